The fraction of sp³-hybridized carbons (Fsp3) is 0.227. The Morgan fingerprint density at radius 1 is 0.903 bits per heavy atom. The predicted octanol–water partition coefficient (Wildman–Crippen LogP) is 2.85. The second-order valence-corrected chi connectivity index (χ2v) is 8.88. The summed E-state index contributed by atoms with van der Waals surface area (Å²) in [6.07, 6.45) is 0. The summed E-state index contributed by atoms with van der Waals surface area (Å²) < 4.78 is 27.1. The number of sulfonamides is 1. The lowest BCUT2D eigenvalue weighted by Gasteiger charge is -2.12. The van der Waals surface area contributed by atoms with Gasteiger partial charge in [0.2, 0.25) is 16.0 Å². The van der Waals surface area contributed by atoms with Crippen molar-refractivity contribution in [2.24, 2.45) is 0 Å². The molecule has 0 saturated heterocycles. The van der Waals surface area contributed by atoms with E-state index in [4.69, 9.17) is 0 Å². The zero-order chi connectivity index (χ0) is 22.4. The molecule has 0 saturated carbocycles. The van der Waals surface area contributed by atoms with E-state index in [9.17, 15) is 13.2 Å². The van der Waals surface area contributed by atoms with Crippen molar-refractivity contribution in [1.29, 1.82) is 0 Å². The first-order valence-corrected chi connectivity index (χ1v) is 11.3. The smallest absolute Gasteiger partial charge is 0.253 e. The number of amides is 1. The summed E-state index contributed by atoms with van der Waals surface area (Å²) in [4.78, 5) is 21.5. The molecule has 0 atom stereocenters. The number of benzene rings is 2. The second kappa shape index (κ2) is 9.67. The number of rotatable bonds is 8. The van der Waals surface area contributed by atoms with E-state index in [0.29, 0.717) is 17.2 Å². The van der Waals surface area contributed by atoms with Crippen LogP contribution in [0.15, 0.2) is 59.5 Å². The van der Waals surface area contributed by atoms with Gasteiger partial charge >= 0.3 is 0 Å². The molecule has 0 fully saturated rings. The number of nitrogens with one attached hydrogen (secondary N) is 3. The minimum Gasteiger partial charge on any atom is -0.351 e. The average molecular weight is 440 g/mol. The van der Waals surface area contributed by atoms with Gasteiger partial charge in [0.25, 0.3) is 5.91 Å². The van der Waals surface area contributed by atoms with Crippen LogP contribution in [0.3, 0.4) is 0 Å². The largest absolute Gasteiger partial charge is 0.351 e. The molecule has 2 aromatic carbocycles. The third-order valence-electron chi connectivity index (χ3n) is 4.43. The van der Waals surface area contributed by atoms with Gasteiger partial charge in [-0.1, -0.05) is 29.8 Å². The maximum atomic E-state index is 12.7. The fourth-order valence-electron chi connectivity index (χ4n) is 2.95. The maximum absolute atomic E-state index is 12.7. The Balaban J connectivity index is 1.60. The molecule has 3 rings (SSSR count). The van der Waals surface area contributed by atoms with Gasteiger partial charge in [-0.3, -0.25) is 4.79 Å². The van der Waals surface area contributed by atoms with Crippen LogP contribution in [0, 0.1) is 20.8 Å². The van der Waals surface area contributed by atoms with Crippen molar-refractivity contribution in [3.8, 4) is 0 Å². The highest BCUT2D eigenvalue weighted by molar-refractivity contribution is 7.89. The molecule has 31 heavy (non-hydrogen) atoms. The number of nitrogens with zero attached hydrogens (tertiary/aromatic N) is 2. The summed E-state index contributed by atoms with van der Waals surface area (Å²) in [5.74, 6) is 0.0746. The topological polar surface area (TPSA) is 113 Å². The van der Waals surface area contributed by atoms with Crippen molar-refractivity contribution in [3.05, 3.63) is 77.1 Å². The van der Waals surface area contributed by atoms with Gasteiger partial charge < -0.3 is 10.6 Å². The molecular formula is C22H25N5O3S. The highest BCUT2D eigenvalue weighted by Crippen LogP contribution is 2.19. The van der Waals surface area contributed by atoms with Crippen LogP contribution in [-0.2, 0) is 10.0 Å². The van der Waals surface area contributed by atoms with Crippen molar-refractivity contribution in [2.45, 2.75) is 25.7 Å². The van der Waals surface area contributed by atoms with Gasteiger partial charge in [-0.2, -0.15) is 0 Å². The van der Waals surface area contributed by atoms with E-state index < -0.39 is 10.0 Å². The monoisotopic (exact) mass is 439 g/mol. The number of hydrogen-bond donors (Lipinski definition) is 3. The molecule has 9 heteroatoms. The summed E-state index contributed by atoms with van der Waals surface area (Å²) in [7, 11) is -3.63. The molecule has 0 aliphatic carbocycles. The van der Waals surface area contributed by atoms with Gasteiger partial charge in [-0.05, 0) is 51.1 Å². The number of aryl methyl sites for hydroxylation is 3. The van der Waals surface area contributed by atoms with Crippen LogP contribution < -0.4 is 15.4 Å². The van der Waals surface area contributed by atoms with Crippen LogP contribution in [0.2, 0.25) is 0 Å². The summed E-state index contributed by atoms with van der Waals surface area (Å²) >= 11 is 0. The molecule has 0 unspecified atom stereocenters. The quantitative estimate of drug-likeness (QED) is 0.465. The van der Waals surface area contributed by atoms with E-state index in [1.54, 1.807) is 48.5 Å². The Hall–Kier alpha value is -3.30. The summed E-state index contributed by atoms with van der Waals surface area (Å²) in [6, 6.07) is 15.4. The van der Waals surface area contributed by atoms with Gasteiger partial charge in [-0.15, -0.1) is 0 Å². The Bertz CT molecular complexity index is 1160. The minimum atomic E-state index is -3.63. The molecule has 0 bridgehead atoms. The molecule has 1 amide bonds. The zero-order valence-electron chi connectivity index (χ0n) is 17.6. The number of carbonyl (C=O) groups excluding carboxylic acids is 1. The Labute approximate surface area is 182 Å². The summed E-state index contributed by atoms with van der Waals surface area (Å²) in [5, 5.41) is 5.82. The van der Waals surface area contributed by atoms with Gasteiger partial charge in [0.1, 0.15) is 0 Å². The molecule has 0 aliphatic rings. The number of anilines is 2. The van der Waals surface area contributed by atoms with Crippen molar-refractivity contribution in [1.82, 2.24) is 20.0 Å². The molecule has 8 nitrogen and oxygen atoms in total. The lowest BCUT2D eigenvalue weighted by Crippen LogP contribution is -2.34. The van der Waals surface area contributed by atoms with Crippen LogP contribution in [0.1, 0.15) is 27.3 Å². The second-order valence-electron chi connectivity index (χ2n) is 7.11. The van der Waals surface area contributed by atoms with Crippen LogP contribution in [0.4, 0.5) is 11.6 Å². The van der Waals surface area contributed by atoms with Crippen LogP contribution >= 0.6 is 0 Å². The van der Waals surface area contributed by atoms with Gasteiger partial charge in [0, 0.05) is 24.5 Å². The lowest BCUT2D eigenvalue weighted by molar-refractivity contribution is 0.0955. The van der Waals surface area contributed by atoms with E-state index in [2.05, 4.69) is 25.3 Å². The normalized spacial score (nSPS) is 11.2. The standard InChI is InChI=1S/C22H25N5O3S/c1-15-8-10-18(11-9-15)31(29,30)24-13-12-23-21(28)19-6-4-5-7-20(19)27-22-25-16(2)14-17(3)26-22/h4-11,14,24H,12-13H2,1-3H3,(H,23,28)(H,25,26,27). The average Bonchev–Trinajstić information content (AvgIpc) is 2.71. The van der Waals surface area contributed by atoms with Crippen LogP contribution in [-0.4, -0.2) is 37.4 Å². The predicted molar refractivity (Wildman–Crippen MR) is 120 cm³/mol. The Morgan fingerprint density at radius 3 is 2.23 bits per heavy atom. The zero-order valence-corrected chi connectivity index (χ0v) is 18.5. The lowest BCUT2D eigenvalue weighted by atomic mass is 10.1. The first kappa shape index (κ1) is 22.4. The fourth-order valence-corrected chi connectivity index (χ4v) is 3.98. The molecule has 0 aliphatic heterocycles. The van der Waals surface area contributed by atoms with Gasteiger partial charge in [-0.25, -0.2) is 23.1 Å². The first-order chi connectivity index (χ1) is 14.7. The van der Waals surface area contributed by atoms with Crippen molar-refractivity contribution >= 4 is 27.6 Å². The van der Waals surface area contributed by atoms with Crippen molar-refractivity contribution < 1.29 is 13.2 Å². The molecule has 1 aromatic heterocycles. The van der Waals surface area contributed by atoms with Gasteiger partial charge in [0.15, 0.2) is 0 Å². The summed E-state index contributed by atoms with van der Waals surface area (Å²) in [6.45, 7) is 5.83. The van der Waals surface area contributed by atoms with E-state index in [1.165, 1.54) is 0 Å². The maximum Gasteiger partial charge on any atom is 0.253 e. The van der Waals surface area contributed by atoms with E-state index >= 15 is 0 Å². The molecule has 3 aromatic rings. The SMILES string of the molecule is Cc1ccc(S(=O)(=O)NCCNC(=O)c2ccccc2Nc2nc(C)cc(C)n2)cc1. The summed E-state index contributed by atoms with van der Waals surface area (Å²) in [5.41, 5.74) is 3.58. The molecule has 3 N–H and O–H groups in total. The number of carbonyl (C=O) groups is 1. The number of aromatic nitrogens is 2. The highest BCUT2D eigenvalue weighted by atomic mass is 32.2. The van der Waals surface area contributed by atoms with Crippen LogP contribution in [0.5, 0.6) is 0 Å². The third kappa shape index (κ3) is 6.09. The molecule has 0 radical (unpaired) electrons. The third-order valence-corrected chi connectivity index (χ3v) is 5.91. The van der Waals surface area contributed by atoms with E-state index in [0.717, 1.165) is 17.0 Å². The highest BCUT2D eigenvalue weighted by Gasteiger charge is 2.15. The van der Waals surface area contributed by atoms with Crippen molar-refractivity contribution in [3.63, 3.8) is 0 Å². The Morgan fingerprint density at radius 2 is 1.55 bits per heavy atom. The first-order valence-electron chi connectivity index (χ1n) is 9.77. The van der Waals surface area contributed by atoms with Crippen molar-refractivity contribution in [2.75, 3.05) is 18.4 Å². The minimum absolute atomic E-state index is 0.0672. The molecule has 1 heterocycles. The van der Waals surface area contributed by atoms with E-state index in [1.807, 2.05) is 26.8 Å². The van der Waals surface area contributed by atoms with Crippen LogP contribution in [0.25, 0.3) is 0 Å². The molecule has 162 valence electrons. The molecular weight excluding hydrogens is 414 g/mol. The van der Waals surface area contributed by atoms with Gasteiger partial charge in [0.05, 0.1) is 16.1 Å². The number of hydrogen-bond acceptors (Lipinski definition) is 6. The number of para-hydroxylation sites is 1. The Kier molecular flexibility index (Phi) is 6.98. The van der Waals surface area contributed by atoms with E-state index in [-0.39, 0.29) is 23.9 Å². The molecule has 0 spiro atoms.